The van der Waals surface area contributed by atoms with Gasteiger partial charge in [0.1, 0.15) is 5.58 Å². The Balaban J connectivity index is 1.62. The molecule has 1 atom stereocenters. The number of ketones is 1. The van der Waals surface area contributed by atoms with Gasteiger partial charge < -0.3 is 9.52 Å². The molecule has 2 aromatic heterocycles. The third-order valence-corrected chi connectivity index (χ3v) is 6.40. The minimum Gasteiger partial charge on any atom is -0.503 e. The zero-order valence-corrected chi connectivity index (χ0v) is 20.2. The first kappa shape index (κ1) is 22.9. The van der Waals surface area contributed by atoms with Gasteiger partial charge in [0.2, 0.25) is 5.78 Å². The second-order valence-corrected chi connectivity index (χ2v) is 9.98. The Morgan fingerprint density at radius 2 is 1.83 bits per heavy atom. The number of halogens is 1. The van der Waals surface area contributed by atoms with Gasteiger partial charge in [0, 0.05) is 28.5 Å². The lowest BCUT2D eigenvalue weighted by Crippen LogP contribution is -2.31. The van der Waals surface area contributed by atoms with E-state index >= 15 is 0 Å². The van der Waals surface area contributed by atoms with Gasteiger partial charge in [-0.3, -0.25) is 19.5 Å². The predicted octanol–water partition coefficient (Wildman–Crippen LogP) is 6.56. The van der Waals surface area contributed by atoms with Crippen molar-refractivity contribution in [3.05, 3.63) is 106 Å². The number of fused-ring (bicyclic) bond motifs is 1. The van der Waals surface area contributed by atoms with Gasteiger partial charge in [-0.15, -0.1) is 0 Å². The molecule has 0 saturated carbocycles. The molecule has 1 N–H and O–H groups in total. The van der Waals surface area contributed by atoms with Crippen molar-refractivity contribution in [3.63, 3.8) is 0 Å². The van der Waals surface area contributed by atoms with Crippen molar-refractivity contribution in [2.45, 2.75) is 32.2 Å². The summed E-state index contributed by atoms with van der Waals surface area (Å²) in [5.74, 6) is -1.84. The number of amides is 1. The Bertz CT molecular complexity index is 1480. The van der Waals surface area contributed by atoms with E-state index < -0.39 is 23.5 Å². The lowest BCUT2D eigenvalue weighted by Gasteiger charge is -2.27. The standard InChI is InChI=1S/C28H23ClN2O4/c1-28(2,3)18-6-9-20(10-7-18)31-24(16-5-4-12-30-15-16)23(26(33)27(31)34)25(32)22-14-17-13-19(29)8-11-21(17)35-22/h4-15,24,33H,1-3H3. The van der Waals surface area contributed by atoms with Crippen LogP contribution in [-0.2, 0) is 10.2 Å². The number of aromatic nitrogens is 1. The van der Waals surface area contributed by atoms with Gasteiger partial charge in [-0.1, -0.05) is 50.6 Å². The van der Waals surface area contributed by atoms with Crippen molar-refractivity contribution in [1.82, 2.24) is 4.98 Å². The highest BCUT2D eigenvalue weighted by atomic mass is 35.5. The van der Waals surface area contributed by atoms with Crippen LogP contribution in [0.2, 0.25) is 5.02 Å². The fraction of sp³-hybridized carbons (Fsp3) is 0.179. The van der Waals surface area contributed by atoms with E-state index in [2.05, 4.69) is 25.8 Å². The number of carbonyl (C=O) groups is 2. The molecule has 4 aromatic rings. The topological polar surface area (TPSA) is 83.6 Å². The molecular formula is C28H23ClN2O4. The first-order valence-electron chi connectivity index (χ1n) is 11.2. The van der Waals surface area contributed by atoms with Gasteiger partial charge in [-0.2, -0.15) is 0 Å². The number of rotatable bonds is 4. The van der Waals surface area contributed by atoms with Crippen molar-refractivity contribution in [2.24, 2.45) is 0 Å². The van der Waals surface area contributed by atoms with Crippen molar-refractivity contribution in [3.8, 4) is 0 Å². The van der Waals surface area contributed by atoms with E-state index in [0.29, 0.717) is 27.2 Å². The SMILES string of the molecule is CC(C)(C)c1ccc(N2C(=O)C(O)=C(C(=O)c3cc4cc(Cl)ccc4o3)C2c2cccnc2)cc1. The smallest absolute Gasteiger partial charge is 0.294 e. The number of aliphatic hydroxyl groups excluding tert-OH is 1. The molecule has 6 nitrogen and oxygen atoms in total. The summed E-state index contributed by atoms with van der Waals surface area (Å²) >= 11 is 6.07. The maximum Gasteiger partial charge on any atom is 0.294 e. The predicted molar refractivity (Wildman–Crippen MR) is 135 cm³/mol. The first-order chi connectivity index (χ1) is 16.6. The molecule has 5 rings (SSSR count). The van der Waals surface area contributed by atoms with Gasteiger partial charge in [-0.05, 0) is 59.0 Å². The average Bonchev–Trinajstić information content (AvgIpc) is 3.37. The number of benzene rings is 2. The van der Waals surface area contributed by atoms with Crippen LogP contribution in [0.5, 0.6) is 0 Å². The highest BCUT2D eigenvalue weighted by molar-refractivity contribution is 6.31. The van der Waals surface area contributed by atoms with E-state index in [9.17, 15) is 14.7 Å². The quantitative estimate of drug-likeness (QED) is 0.330. The Morgan fingerprint density at radius 3 is 2.49 bits per heavy atom. The van der Waals surface area contributed by atoms with Crippen molar-refractivity contribution in [1.29, 1.82) is 0 Å². The monoisotopic (exact) mass is 486 g/mol. The van der Waals surface area contributed by atoms with Crippen LogP contribution < -0.4 is 4.90 Å². The molecule has 3 heterocycles. The van der Waals surface area contributed by atoms with E-state index in [4.69, 9.17) is 16.0 Å². The maximum atomic E-state index is 13.7. The molecule has 35 heavy (non-hydrogen) atoms. The molecule has 2 aromatic carbocycles. The lowest BCUT2D eigenvalue weighted by molar-refractivity contribution is -0.117. The Kier molecular flexibility index (Phi) is 5.49. The van der Waals surface area contributed by atoms with E-state index in [0.717, 1.165) is 5.56 Å². The Hall–Kier alpha value is -3.90. The maximum absolute atomic E-state index is 13.7. The molecule has 1 aliphatic rings. The molecule has 0 aliphatic carbocycles. The zero-order valence-electron chi connectivity index (χ0n) is 19.4. The van der Waals surface area contributed by atoms with Crippen LogP contribution in [0, 0.1) is 0 Å². The number of anilines is 1. The minimum absolute atomic E-state index is 0.00966. The molecule has 0 fully saturated rings. The van der Waals surface area contributed by atoms with Crippen molar-refractivity contribution >= 4 is 39.9 Å². The second-order valence-electron chi connectivity index (χ2n) is 9.55. The third-order valence-electron chi connectivity index (χ3n) is 6.17. The minimum atomic E-state index is -0.874. The van der Waals surface area contributed by atoms with Crippen LogP contribution >= 0.6 is 11.6 Å². The number of Topliss-reactive ketones (excluding diaryl/α,β-unsaturated/α-hetero) is 1. The summed E-state index contributed by atoms with van der Waals surface area (Å²) in [6, 6.07) is 16.8. The van der Waals surface area contributed by atoms with Crippen LogP contribution in [0.3, 0.4) is 0 Å². The summed E-state index contributed by atoms with van der Waals surface area (Å²) in [6.45, 7) is 6.31. The molecule has 1 amide bonds. The lowest BCUT2D eigenvalue weighted by atomic mass is 9.87. The van der Waals surface area contributed by atoms with E-state index in [1.807, 2.05) is 24.3 Å². The Labute approximate surface area is 207 Å². The number of nitrogens with zero attached hydrogens (tertiary/aromatic N) is 2. The first-order valence-corrected chi connectivity index (χ1v) is 11.5. The Morgan fingerprint density at radius 1 is 1.09 bits per heavy atom. The van der Waals surface area contributed by atoms with Crippen LogP contribution in [0.4, 0.5) is 5.69 Å². The molecular weight excluding hydrogens is 464 g/mol. The molecule has 1 aliphatic heterocycles. The van der Waals surface area contributed by atoms with E-state index in [-0.39, 0.29) is 16.7 Å². The number of furan rings is 1. The fourth-order valence-corrected chi connectivity index (χ4v) is 4.52. The highest BCUT2D eigenvalue weighted by Crippen LogP contribution is 2.42. The second kappa shape index (κ2) is 8.40. The summed E-state index contributed by atoms with van der Waals surface area (Å²) in [5.41, 5.74) is 2.60. The van der Waals surface area contributed by atoms with E-state index in [1.165, 1.54) is 4.90 Å². The average molecular weight is 487 g/mol. The number of carbonyl (C=O) groups excluding carboxylic acids is 2. The number of hydrogen-bond acceptors (Lipinski definition) is 5. The van der Waals surface area contributed by atoms with Crippen LogP contribution in [0.1, 0.15) is 48.5 Å². The number of aliphatic hydroxyl groups is 1. The van der Waals surface area contributed by atoms with Crippen molar-refractivity contribution in [2.75, 3.05) is 4.90 Å². The van der Waals surface area contributed by atoms with Crippen LogP contribution in [-0.4, -0.2) is 21.8 Å². The summed E-state index contributed by atoms with van der Waals surface area (Å²) < 4.78 is 5.76. The summed E-state index contributed by atoms with van der Waals surface area (Å²) in [5, 5.41) is 12.1. The molecule has 0 spiro atoms. The van der Waals surface area contributed by atoms with E-state index in [1.54, 1.807) is 48.8 Å². The van der Waals surface area contributed by atoms with Gasteiger partial charge in [0.25, 0.3) is 5.91 Å². The largest absolute Gasteiger partial charge is 0.503 e. The van der Waals surface area contributed by atoms with Gasteiger partial charge in [0.15, 0.2) is 11.5 Å². The molecule has 176 valence electrons. The summed E-state index contributed by atoms with van der Waals surface area (Å²) in [7, 11) is 0. The summed E-state index contributed by atoms with van der Waals surface area (Å²) in [6.07, 6.45) is 3.19. The highest BCUT2D eigenvalue weighted by Gasteiger charge is 2.45. The molecule has 0 bridgehead atoms. The van der Waals surface area contributed by atoms with Crippen molar-refractivity contribution < 1.29 is 19.1 Å². The normalized spacial score (nSPS) is 16.4. The number of hydrogen-bond donors (Lipinski definition) is 1. The van der Waals surface area contributed by atoms with Crippen LogP contribution in [0.15, 0.2) is 88.8 Å². The number of pyridine rings is 1. The summed E-state index contributed by atoms with van der Waals surface area (Å²) in [4.78, 5) is 32.6. The van der Waals surface area contributed by atoms with Gasteiger partial charge in [0.05, 0.1) is 11.6 Å². The molecule has 0 radical (unpaired) electrons. The zero-order chi connectivity index (χ0) is 24.9. The molecule has 1 unspecified atom stereocenters. The van der Waals surface area contributed by atoms with Gasteiger partial charge >= 0.3 is 0 Å². The molecule has 0 saturated heterocycles. The third kappa shape index (κ3) is 4.00. The molecule has 7 heteroatoms. The fourth-order valence-electron chi connectivity index (χ4n) is 4.34. The van der Waals surface area contributed by atoms with Gasteiger partial charge in [-0.25, -0.2) is 0 Å². The van der Waals surface area contributed by atoms with Crippen LogP contribution in [0.25, 0.3) is 11.0 Å².